The molecule has 1 aromatic carbocycles. The molecule has 0 atom stereocenters. The lowest BCUT2D eigenvalue weighted by Gasteiger charge is -2.21. The van der Waals surface area contributed by atoms with E-state index in [9.17, 15) is 9.18 Å². The van der Waals surface area contributed by atoms with Gasteiger partial charge in [0.05, 0.1) is 0 Å². The van der Waals surface area contributed by atoms with Gasteiger partial charge in [0.2, 0.25) is 0 Å². The number of rotatable bonds is 3. The van der Waals surface area contributed by atoms with E-state index in [2.05, 4.69) is 9.88 Å². The fourth-order valence-corrected chi connectivity index (χ4v) is 2.83. The maximum atomic E-state index is 13.0. The molecule has 4 nitrogen and oxygen atoms in total. The Bertz CT molecular complexity index is 645. The summed E-state index contributed by atoms with van der Waals surface area (Å²) in [6.45, 7) is 3.97. The third-order valence-electron chi connectivity index (χ3n) is 4.08. The Labute approximate surface area is 135 Å². The molecule has 1 saturated heterocycles. The van der Waals surface area contributed by atoms with Crippen LogP contribution < -0.4 is 0 Å². The first-order valence-electron chi connectivity index (χ1n) is 7.89. The second kappa shape index (κ2) is 7.33. The molecule has 0 radical (unpaired) electrons. The Morgan fingerprint density at radius 1 is 1.04 bits per heavy atom. The van der Waals surface area contributed by atoms with Gasteiger partial charge in [-0.25, -0.2) is 4.39 Å². The molecule has 0 bridgehead atoms. The third-order valence-corrected chi connectivity index (χ3v) is 4.08. The minimum Gasteiger partial charge on any atom is -0.336 e. The van der Waals surface area contributed by atoms with E-state index in [1.165, 1.54) is 12.1 Å². The molecule has 1 amide bonds. The van der Waals surface area contributed by atoms with E-state index >= 15 is 0 Å². The largest absolute Gasteiger partial charge is 0.336 e. The van der Waals surface area contributed by atoms with Crippen molar-refractivity contribution < 1.29 is 9.18 Å². The van der Waals surface area contributed by atoms with E-state index in [4.69, 9.17) is 0 Å². The molecule has 0 aliphatic carbocycles. The molecule has 0 unspecified atom stereocenters. The zero-order valence-electron chi connectivity index (χ0n) is 13.0. The second-order valence-electron chi connectivity index (χ2n) is 5.76. The van der Waals surface area contributed by atoms with Crippen LogP contribution in [0.4, 0.5) is 4.39 Å². The van der Waals surface area contributed by atoms with Crippen LogP contribution in [0.5, 0.6) is 0 Å². The highest BCUT2D eigenvalue weighted by Crippen LogP contribution is 2.11. The predicted octanol–water partition coefficient (Wildman–Crippen LogP) is 2.57. The van der Waals surface area contributed by atoms with Crippen LogP contribution in [0.1, 0.15) is 22.5 Å². The highest BCUT2D eigenvalue weighted by molar-refractivity contribution is 5.92. The normalized spacial score (nSPS) is 16.1. The van der Waals surface area contributed by atoms with Crippen LogP contribution in [-0.4, -0.2) is 46.9 Å². The Morgan fingerprint density at radius 2 is 1.87 bits per heavy atom. The number of nitrogens with zero attached hydrogens (tertiary/aromatic N) is 3. The van der Waals surface area contributed by atoms with Crippen LogP contribution in [0.15, 0.2) is 48.7 Å². The van der Waals surface area contributed by atoms with Crippen molar-refractivity contribution in [2.75, 3.05) is 26.2 Å². The molecule has 0 N–H and O–H groups in total. The van der Waals surface area contributed by atoms with Crippen LogP contribution in [0.25, 0.3) is 0 Å². The zero-order valence-corrected chi connectivity index (χ0v) is 13.0. The number of hydrogen-bond acceptors (Lipinski definition) is 3. The van der Waals surface area contributed by atoms with Crippen molar-refractivity contribution in [1.29, 1.82) is 0 Å². The quantitative estimate of drug-likeness (QED) is 0.874. The van der Waals surface area contributed by atoms with Crippen molar-refractivity contribution in [3.63, 3.8) is 0 Å². The highest BCUT2D eigenvalue weighted by Gasteiger charge is 2.20. The topological polar surface area (TPSA) is 36.4 Å². The van der Waals surface area contributed by atoms with E-state index in [1.54, 1.807) is 12.3 Å². The number of benzene rings is 1. The van der Waals surface area contributed by atoms with Gasteiger partial charge in [0.15, 0.2) is 0 Å². The van der Waals surface area contributed by atoms with Gasteiger partial charge in [-0.1, -0.05) is 18.2 Å². The molecule has 1 aromatic heterocycles. The molecule has 120 valence electrons. The fraction of sp³-hybridized carbons (Fsp3) is 0.333. The lowest BCUT2D eigenvalue weighted by molar-refractivity contribution is 0.0755. The first-order chi connectivity index (χ1) is 11.2. The number of amides is 1. The standard InChI is InChI=1S/C18H20FN3O/c19-16-7-5-15(6-8-16)14-21-10-3-11-22(13-12-21)18(23)17-4-1-2-9-20-17/h1-2,4-9H,3,10-14H2. The minimum absolute atomic E-state index is 0.00534. The van der Waals surface area contributed by atoms with Crippen molar-refractivity contribution in [2.24, 2.45) is 0 Å². The molecule has 1 aliphatic rings. The van der Waals surface area contributed by atoms with E-state index in [0.29, 0.717) is 12.2 Å². The van der Waals surface area contributed by atoms with Crippen LogP contribution in [0, 0.1) is 5.82 Å². The number of carbonyl (C=O) groups excluding carboxylic acids is 1. The molecule has 2 heterocycles. The van der Waals surface area contributed by atoms with E-state index in [-0.39, 0.29) is 11.7 Å². The van der Waals surface area contributed by atoms with Gasteiger partial charge in [-0.3, -0.25) is 14.7 Å². The number of carbonyl (C=O) groups is 1. The van der Waals surface area contributed by atoms with Gasteiger partial charge >= 0.3 is 0 Å². The van der Waals surface area contributed by atoms with Crippen molar-refractivity contribution in [3.8, 4) is 0 Å². The average molecular weight is 313 g/mol. The molecule has 1 fully saturated rings. The van der Waals surface area contributed by atoms with Crippen molar-refractivity contribution >= 4 is 5.91 Å². The van der Waals surface area contributed by atoms with E-state index in [0.717, 1.165) is 38.2 Å². The molecule has 0 saturated carbocycles. The maximum Gasteiger partial charge on any atom is 0.272 e. The maximum absolute atomic E-state index is 13.0. The smallest absolute Gasteiger partial charge is 0.272 e. The summed E-state index contributed by atoms with van der Waals surface area (Å²) in [6.07, 6.45) is 2.58. The molecule has 1 aliphatic heterocycles. The Kier molecular flexibility index (Phi) is 4.98. The fourth-order valence-electron chi connectivity index (χ4n) is 2.83. The van der Waals surface area contributed by atoms with Gasteiger partial charge in [0.25, 0.3) is 5.91 Å². The summed E-state index contributed by atoms with van der Waals surface area (Å²) in [5, 5.41) is 0. The summed E-state index contributed by atoms with van der Waals surface area (Å²) in [6, 6.07) is 12.0. The van der Waals surface area contributed by atoms with E-state index < -0.39 is 0 Å². The average Bonchev–Trinajstić information content (AvgIpc) is 2.83. The molecular formula is C18H20FN3O. The van der Waals surface area contributed by atoms with Gasteiger partial charge < -0.3 is 4.90 Å². The number of hydrogen-bond donors (Lipinski definition) is 0. The third kappa shape index (κ3) is 4.13. The van der Waals surface area contributed by atoms with Gasteiger partial charge in [-0.2, -0.15) is 0 Å². The molecule has 3 rings (SSSR count). The van der Waals surface area contributed by atoms with Crippen molar-refractivity contribution in [1.82, 2.24) is 14.8 Å². The Morgan fingerprint density at radius 3 is 2.61 bits per heavy atom. The monoisotopic (exact) mass is 313 g/mol. The van der Waals surface area contributed by atoms with Crippen molar-refractivity contribution in [2.45, 2.75) is 13.0 Å². The second-order valence-corrected chi connectivity index (χ2v) is 5.76. The van der Waals surface area contributed by atoms with Gasteiger partial charge in [0, 0.05) is 38.9 Å². The molecule has 0 spiro atoms. The number of halogens is 1. The molecule has 23 heavy (non-hydrogen) atoms. The predicted molar refractivity (Wildman–Crippen MR) is 86.4 cm³/mol. The van der Waals surface area contributed by atoms with Crippen LogP contribution in [-0.2, 0) is 6.54 Å². The van der Waals surface area contributed by atoms with Crippen molar-refractivity contribution in [3.05, 3.63) is 65.7 Å². The first-order valence-corrected chi connectivity index (χ1v) is 7.89. The minimum atomic E-state index is -0.211. The van der Waals surface area contributed by atoms with E-state index in [1.807, 2.05) is 29.2 Å². The summed E-state index contributed by atoms with van der Waals surface area (Å²) < 4.78 is 13.0. The summed E-state index contributed by atoms with van der Waals surface area (Å²) in [5.41, 5.74) is 1.59. The van der Waals surface area contributed by atoms with Crippen LogP contribution >= 0.6 is 0 Å². The zero-order chi connectivity index (χ0) is 16.1. The molecular weight excluding hydrogens is 293 g/mol. The SMILES string of the molecule is O=C(c1ccccn1)N1CCCN(Cc2ccc(F)cc2)CC1. The molecule has 2 aromatic rings. The number of pyridine rings is 1. The van der Waals surface area contributed by atoms with Crippen LogP contribution in [0.3, 0.4) is 0 Å². The lowest BCUT2D eigenvalue weighted by atomic mass is 10.2. The Balaban J connectivity index is 1.59. The van der Waals surface area contributed by atoms with Gasteiger partial charge in [0.1, 0.15) is 11.5 Å². The van der Waals surface area contributed by atoms with Crippen LogP contribution in [0.2, 0.25) is 0 Å². The summed E-state index contributed by atoms with van der Waals surface area (Å²) >= 11 is 0. The number of aromatic nitrogens is 1. The first kappa shape index (κ1) is 15.6. The summed E-state index contributed by atoms with van der Waals surface area (Å²) in [4.78, 5) is 20.8. The van der Waals surface area contributed by atoms with Gasteiger partial charge in [-0.15, -0.1) is 0 Å². The lowest BCUT2D eigenvalue weighted by Crippen LogP contribution is -2.35. The summed E-state index contributed by atoms with van der Waals surface area (Å²) in [7, 11) is 0. The molecule has 5 heteroatoms. The highest BCUT2D eigenvalue weighted by atomic mass is 19.1. The summed E-state index contributed by atoms with van der Waals surface area (Å²) in [5.74, 6) is -0.217. The Hall–Kier alpha value is -2.27. The van der Waals surface area contributed by atoms with Gasteiger partial charge in [-0.05, 0) is 36.2 Å².